The first-order chi connectivity index (χ1) is 7.44. The lowest BCUT2D eigenvalue weighted by Crippen LogP contribution is -2.21. The third-order valence-corrected chi connectivity index (χ3v) is 4.12. The number of rotatable bonds is 0. The minimum absolute atomic E-state index is 0.157. The molecule has 0 radical (unpaired) electrons. The summed E-state index contributed by atoms with van der Waals surface area (Å²) in [4.78, 5) is 11.6. The lowest BCUT2D eigenvalue weighted by Gasteiger charge is -2.30. The molecule has 1 saturated carbocycles. The molecule has 0 aromatic rings. The van der Waals surface area contributed by atoms with Crippen molar-refractivity contribution in [1.82, 2.24) is 0 Å². The van der Waals surface area contributed by atoms with E-state index < -0.39 is 0 Å². The van der Waals surface area contributed by atoms with Crippen LogP contribution in [0, 0.1) is 5.41 Å². The molecule has 0 N–H and O–H groups in total. The van der Waals surface area contributed by atoms with Crippen molar-refractivity contribution in [2.24, 2.45) is 5.41 Å². The van der Waals surface area contributed by atoms with Crippen molar-refractivity contribution in [3.05, 3.63) is 34.4 Å². The van der Waals surface area contributed by atoms with E-state index in [1.54, 1.807) is 5.57 Å². The van der Waals surface area contributed by atoms with E-state index in [2.05, 4.69) is 26.8 Å². The lowest BCUT2D eigenvalue weighted by molar-refractivity contribution is -0.111. The summed E-state index contributed by atoms with van der Waals surface area (Å²) in [6.45, 7) is 8.43. The minimum atomic E-state index is 0.157. The van der Waals surface area contributed by atoms with Gasteiger partial charge in [-0.1, -0.05) is 22.8 Å². The monoisotopic (exact) mass is 216 g/mol. The van der Waals surface area contributed by atoms with E-state index in [-0.39, 0.29) is 11.2 Å². The molecule has 2 aliphatic rings. The molecule has 1 atom stereocenters. The van der Waals surface area contributed by atoms with Crippen LogP contribution in [0.1, 0.15) is 47.0 Å². The summed E-state index contributed by atoms with van der Waals surface area (Å²) < 4.78 is 0. The van der Waals surface area contributed by atoms with Gasteiger partial charge in [-0.25, -0.2) is 0 Å². The van der Waals surface area contributed by atoms with Crippen LogP contribution in [-0.4, -0.2) is 5.78 Å². The molecule has 0 amide bonds. The molecule has 2 aliphatic carbocycles. The van der Waals surface area contributed by atoms with E-state index in [0.717, 1.165) is 12.0 Å². The standard InChI is InChI=1S/C15H20O/c1-10(2)13-5-6-15(9-13)8-11(3)14(16)7-12(15)4/h7-8H,5-6,9H2,1-4H3. The summed E-state index contributed by atoms with van der Waals surface area (Å²) in [5, 5.41) is 0. The molecule has 1 heteroatoms. The minimum Gasteiger partial charge on any atom is -0.290 e. The molecular weight excluding hydrogens is 196 g/mol. The third kappa shape index (κ3) is 1.68. The van der Waals surface area contributed by atoms with Crippen molar-refractivity contribution in [2.45, 2.75) is 47.0 Å². The van der Waals surface area contributed by atoms with Gasteiger partial charge >= 0.3 is 0 Å². The van der Waals surface area contributed by atoms with Gasteiger partial charge in [0, 0.05) is 5.41 Å². The number of ketones is 1. The molecule has 1 fully saturated rings. The van der Waals surface area contributed by atoms with E-state index in [0.29, 0.717) is 0 Å². The molecule has 0 heterocycles. The summed E-state index contributed by atoms with van der Waals surface area (Å²) >= 11 is 0. The first-order valence-corrected chi connectivity index (χ1v) is 6.02. The molecule has 86 valence electrons. The summed E-state index contributed by atoms with van der Waals surface area (Å²) in [5.74, 6) is 0.189. The molecule has 1 spiro atoms. The van der Waals surface area contributed by atoms with Gasteiger partial charge in [0.2, 0.25) is 0 Å². The summed E-state index contributed by atoms with van der Waals surface area (Å²) in [7, 11) is 0. The van der Waals surface area contributed by atoms with E-state index in [1.807, 2.05) is 13.0 Å². The zero-order valence-electron chi connectivity index (χ0n) is 10.7. The highest BCUT2D eigenvalue weighted by atomic mass is 16.1. The number of hydrogen-bond acceptors (Lipinski definition) is 1. The van der Waals surface area contributed by atoms with Crippen molar-refractivity contribution < 1.29 is 4.79 Å². The van der Waals surface area contributed by atoms with Crippen LogP contribution < -0.4 is 0 Å². The average molecular weight is 216 g/mol. The third-order valence-electron chi connectivity index (χ3n) is 4.12. The molecule has 2 rings (SSSR count). The van der Waals surface area contributed by atoms with Crippen LogP contribution in [0.3, 0.4) is 0 Å². The Morgan fingerprint density at radius 3 is 2.56 bits per heavy atom. The van der Waals surface area contributed by atoms with E-state index in [9.17, 15) is 4.79 Å². The van der Waals surface area contributed by atoms with E-state index in [1.165, 1.54) is 24.0 Å². The van der Waals surface area contributed by atoms with Gasteiger partial charge in [-0.15, -0.1) is 0 Å². The van der Waals surface area contributed by atoms with Crippen LogP contribution >= 0.6 is 0 Å². The van der Waals surface area contributed by atoms with Gasteiger partial charge in [-0.3, -0.25) is 4.79 Å². The second-order valence-corrected chi connectivity index (χ2v) is 5.46. The second-order valence-electron chi connectivity index (χ2n) is 5.46. The highest BCUT2D eigenvalue weighted by Gasteiger charge is 2.38. The lowest BCUT2D eigenvalue weighted by atomic mass is 9.73. The Morgan fingerprint density at radius 1 is 1.31 bits per heavy atom. The van der Waals surface area contributed by atoms with Gasteiger partial charge in [0.1, 0.15) is 0 Å². The summed E-state index contributed by atoms with van der Waals surface area (Å²) in [5.41, 5.74) is 5.35. The van der Waals surface area contributed by atoms with E-state index in [4.69, 9.17) is 0 Å². The molecular formula is C15H20O. The van der Waals surface area contributed by atoms with Crippen molar-refractivity contribution in [2.75, 3.05) is 0 Å². The fourth-order valence-electron chi connectivity index (χ4n) is 2.87. The van der Waals surface area contributed by atoms with Crippen molar-refractivity contribution in [3.8, 4) is 0 Å². The number of carbonyl (C=O) groups excluding carboxylic acids is 1. The Bertz CT molecular complexity index is 430. The molecule has 16 heavy (non-hydrogen) atoms. The van der Waals surface area contributed by atoms with Gasteiger partial charge in [-0.2, -0.15) is 0 Å². The van der Waals surface area contributed by atoms with Gasteiger partial charge in [0.05, 0.1) is 0 Å². The smallest absolute Gasteiger partial charge is 0.181 e. The maximum absolute atomic E-state index is 11.6. The highest BCUT2D eigenvalue weighted by Crippen LogP contribution is 2.50. The van der Waals surface area contributed by atoms with Gasteiger partial charge in [-0.05, 0) is 58.6 Å². The van der Waals surface area contributed by atoms with Crippen LogP contribution in [0.2, 0.25) is 0 Å². The van der Waals surface area contributed by atoms with Gasteiger partial charge in [0.25, 0.3) is 0 Å². The second kappa shape index (κ2) is 3.73. The van der Waals surface area contributed by atoms with Gasteiger partial charge in [0.15, 0.2) is 5.78 Å². The largest absolute Gasteiger partial charge is 0.290 e. The fourth-order valence-corrected chi connectivity index (χ4v) is 2.87. The van der Waals surface area contributed by atoms with Crippen LogP contribution in [0.25, 0.3) is 0 Å². The SMILES string of the molecule is CC1=CC2(CCC(=C(C)C)C2)C(C)=CC1=O. The van der Waals surface area contributed by atoms with Crippen LogP contribution in [-0.2, 0) is 4.79 Å². The highest BCUT2D eigenvalue weighted by molar-refractivity contribution is 6.05. The summed E-state index contributed by atoms with van der Waals surface area (Å²) in [6.07, 6.45) is 7.51. The number of hydrogen-bond donors (Lipinski definition) is 0. The molecule has 0 aromatic carbocycles. The fraction of sp³-hybridized carbons (Fsp3) is 0.533. The van der Waals surface area contributed by atoms with Crippen LogP contribution in [0.15, 0.2) is 34.4 Å². The first-order valence-electron chi connectivity index (χ1n) is 6.02. The Hall–Kier alpha value is -1.11. The zero-order valence-corrected chi connectivity index (χ0v) is 10.7. The maximum Gasteiger partial charge on any atom is 0.181 e. The Kier molecular flexibility index (Phi) is 2.65. The average Bonchev–Trinajstić information content (AvgIpc) is 2.61. The zero-order chi connectivity index (χ0) is 11.9. The Balaban J connectivity index is 2.39. The van der Waals surface area contributed by atoms with Crippen molar-refractivity contribution >= 4 is 5.78 Å². The molecule has 1 unspecified atom stereocenters. The normalized spacial score (nSPS) is 29.5. The number of carbonyl (C=O) groups is 1. The van der Waals surface area contributed by atoms with Crippen molar-refractivity contribution in [3.63, 3.8) is 0 Å². The Labute approximate surface area is 97.9 Å². The van der Waals surface area contributed by atoms with Gasteiger partial charge < -0.3 is 0 Å². The molecule has 0 aromatic heterocycles. The molecule has 1 nitrogen and oxygen atoms in total. The Morgan fingerprint density at radius 2 is 2.00 bits per heavy atom. The molecule has 0 bridgehead atoms. The van der Waals surface area contributed by atoms with E-state index >= 15 is 0 Å². The van der Waals surface area contributed by atoms with Crippen LogP contribution in [0.5, 0.6) is 0 Å². The first kappa shape index (κ1) is 11.4. The topological polar surface area (TPSA) is 17.1 Å². The molecule has 0 aliphatic heterocycles. The summed E-state index contributed by atoms with van der Waals surface area (Å²) in [6, 6.07) is 0. The van der Waals surface area contributed by atoms with Crippen LogP contribution in [0.4, 0.5) is 0 Å². The predicted molar refractivity (Wildman–Crippen MR) is 67.2 cm³/mol. The van der Waals surface area contributed by atoms with Crippen molar-refractivity contribution in [1.29, 1.82) is 0 Å². The number of allylic oxidation sites excluding steroid dienone is 6. The quantitative estimate of drug-likeness (QED) is 0.560. The predicted octanol–water partition coefficient (Wildman–Crippen LogP) is 3.97. The maximum atomic E-state index is 11.6. The molecule has 0 saturated heterocycles.